The molecule has 1 aromatic carbocycles. The lowest BCUT2D eigenvalue weighted by Crippen LogP contribution is -2.29. The van der Waals surface area contributed by atoms with E-state index in [0.29, 0.717) is 13.0 Å². The van der Waals surface area contributed by atoms with Gasteiger partial charge in [-0.3, -0.25) is 4.79 Å². The molecule has 0 aliphatic carbocycles. The molecule has 0 atom stereocenters. The molecule has 0 fully saturated rings. The summed E-state index contributed by atoms with van der Waals surface area (Å²) in [6.45, 7) is 0.784. The van der Waals surface area contributed by atoms with Crippen molar-refractivity contribution in [2.24, 2.45) is 5.14 Å². The van der Waals surface area contributed by atoms with Crippen LogP contribution in [0.15, 0.2) is 53.7 Å². The van der Waals surface area contributed by atoms with Crippen LogP contribution in [0.1, 0.15) is 5.56 Å². The quantitative estimate of drug-likeness (QED) is 0.813. The number of hydrogen-bond donors (Lipinski definition) is 2. The number of aromatic nitrogens is 1. The van der Waals surface area contributed by atoms with Crippen molar-refractivity contribution in [3.63, 3.8) is 0 Å². The number of nitrogens with zero attached hydrogens (tertiary/aromatic N) is 1. The zero-order valence-corrected chi connectivity index (χ0v) is 12.2. The summed E-state index contributed by atoms with van der Waals surface area (Å²) in [6.07, 6.45) is 4.28. The molecule has 2 rings (SSSR count). The van der Waals surface area contributed by atoms with Crippen LogP contribution in [0.4, 0.5) is 0 Å². The largest absolute Gasteiger partial charge is 0.354 e. The molecule has 0 bridgehead atoms. The van der Waals surface area contributed by atoms with Gasteiger partial charge in [0.2, 0.25) is 15.9 Å². The standard InChI is InChI=1S/C14H17N3O3S/c15-21(19,20)13-5-3-12(4-6-13)7-8-16-14(18)11-17-9-1-2-10-17/h1-6,9-10H,7-8,11H2,(H,16,18)(H2,15,19,20). The molecule has 0 spiro atoms. The Bertz CT molecular complexity index is 692. The van der Waals surface area contributed by atoms with Crippen LogP contribution in [0, 0.1) is 0 Å². The van der Waals surface area contributed by atoms with E-state index in [1.807, 2.05) is 24.5 Å². The highest BCUT2D eigenvalue weighted by Crippen LogP contribution is 2.08. The topological polar surface area (TPSA) is 94.2 Å². The first-order valence-corrected chi connectivity index (χ1v) is 7.99. The number of rotatable bonds is 6. The van der Waals surface area contributed by atoms with E-state index < -0.39 is 10.0 Å². The summed E-state index contributed by atoms with van der Waals surface area (Å²) in [5.74, 6) is -0.0626. The molecule has 1 aromatic heterocycles. The molecule has 1 heterocycles. The second-order valence-electron chi connectivity index (χ2n) is 4.64. The zero-order chi connectivity index (χ0) is 15.3. The van der Waals surface area contributed by atoms with E-state index in [0.717, 1.165) is 5.56 Å². The number of nitrogens with two attached hydrogens (primary N) is 1. The van der Waals surface area contributed by atoms with E-state index >= 15 is 0 Å². The van der Waals surface area contributed by atoms with Gasteiger partial charge in [0.15, 0.2) is 0 Å². The molecule has 0 aliphatic heterocycles. The summed E-state index contributed by atoms with van der Waals surface area (Å²) in [7, 11) is -3.66. The van der Waals surface area contributed by atoms with Crippen LogP contribution < -0.4 is 10.5 Å². The van der Waals surface area contributed by atoms with Gasteiger partial charge in [-0.15, -0.1) is 0 Å². The van der Waals surface area contributed by atoms with Gasteiger partial charge in [0, 0.05) is 18.9 Å². The van der Waals surface area contributed by atoms with Crippen molar-refractivity contribution in [3.8, 4) is 0 Å². The number of sulfonamides is 1. The van der Waals surface area contributed by atoms with Gasteiger partial charge in [-0.1, -0.05) is 12.1 Å². The molecule has 0 aliphatic rings. The number of hydrogen-bond acceptors (Lipinski definition) is 3. The molecule has 0 unspecified atom stereocenters. The van der Waals surface area contributed by atoms with Gasteiger partial charge in [0.1, 0.15) is 6.54 Å². The summed E-state index contributed by atoms with van der Waals surface area (Å²) < 4.78 is 24.0. The molecule has 112 valence electrons. The first-order chi connectivity index (χ1) is 9.95. The van der Waals surface area contributed by atoms with Crippen molar-refractivity contribution < 1.29 is 13.2 Å². The Morgan fingerprint density at radius 2 is 1.76 bits per heavy atom. The van der Waals surface area contributed by atoms with Crippen LogP contribution in [-0.4, -0.2) is 25.4 Å². The van der Waals surface area contributed by atoms with Gasteiger partial charge < -0.3 is 9.88 Å². The average molecular weight is 307 g/mol. The van der Waals surface area contributed by atoms with E-state index in [4.69, 9.17) is 5.14 Å². The third-order valence-electron chi connectivity index (χ3n) is 2.98. The van der Waals surface area contributed by atoms with Crippen molar-refractivity contribution in [1.82, 2.24) is 9.88 Å². The van der Waals surface area contributed by atoms with E-state index in [9.17, 15) is 13.2 Å². The fourth-order valence-electron chi connectivity index (χ4n) is 1.89. The number of carbonyl (C=O) groups excluding carboxylic acids is 1. The van der Waals surface area contributed by atoms with Crippen LogP contribution >= 0.6 is 0 Å². The summed E-state index contributed by atoms with van der Waals surface area (Å²) in [5, 5.41) is 7.84. The predicted molar refractivity (Wildman–Crippen MR) is 79.0 cm³/mol. The van der Waals surface area contributed by atoms with Crippen molar-refractivity contribution in [3.05, 3.63) is 54.4 Å². The lowest BCUT2D eigenvalue weighted by Gasteiger charge is -2.06. The highest BCUT2D eigenvalue weighted by atomic mass is 32.2. The highest BCUT2D eigenvalue weighted by molar-refractivity contribution is 7.89. The molecule has 2 aromatic rings. The molecule has 0 saturated heterocycles. The number of amides is 1. The van der Waals surface area contributed by atoms with E-state index in [-0.39, 0.29) is 17.3 Å². The van der Waals surface area contributed by atoms with E-state index in [1.165, 1.54) is 12.1 Å². The Kier molecular flexibility index (Phi) is 4.77. The first kappa shape index (κ1) is 15.3. The molecule has 21 heavy (non-hydrogen) atoms. The lowest BCUT2D eigenvalue weighted by atomic mass is 10.1. The first-order valence-electron chi connectivity index (χ1n) is 6.44. The predicted octanol–water partition coefficient (Wildman–Crippen LogP) is 0.494. The molecular weight excluding hydrogens is 290 g/mol. The SMILES string of the molecule is NS(=O)(=O)c1ccc(CCNC(=O)Cn2cccc2)cc1. The van der Waals surface area contributed by atoms with Crippen LogP contribution in [-0.2, 0) is 27.8 Å². The van der Waals surface area contributed by atoms with Crippen molar-refractivity contribution in [2.75, 3.05) is 6.54 Å². The Hall–Kier alpha value is -2.12. The van der Waals surface area contributed by atoms with Crippen LogP contribution in [0.25, 0.3) is 0 Å². The number of primary sulfonamides is 1. The lowest BCUT2D eigenvalue weighted by molar-refractivity contribution is -0.121. The minimum absolute atomic E-state index is 0.0626. The number of nitrogens with one attached hydrogen (secondary N) is 1. The molecular formula is C14H17N3O3S. The smallest absolute Gasteiger partial charge is 0.239 e. The van der Waals surface area contributed by atoms with Gasteiger partial charge in [0.25, 0.3) is 0 Å². The average Bonchev–Trinajstić information content (AvgIpc) is 2.91. The minimum atomic E-state index is -3.66. The van der Waals surface area contributed by atoms with Gasteiger partial charge in [0.05, 0.1) is 4.90 Å². The van der Waals surface area contributed by atoms with Crippen LogP contribution in [0.5, 0.6) is 0 Å². The van der Waals surface area contributed by atoms with Crippen molar-refractivity contribution in [1.29, 1.82) is 0 Å². The third kappa shape index (κ3) is 4.73. The van der Waals surface area contributed by atoms with Gasteiger partial charge in [-0.2, -0.15) is 0 Å². The third-order valence-corrected chi connectivity index (χ3v) is 3.91. The zero-order valence-electron chi connectivity index (χ0n) is 11.4. The molecule has 0 saturated carbocycles. The molecule has 6 nitrogen and oxygen atoms in total. The van der Waals surface area contributed by atoms with E-state index in [2.05, 4.69) is 5.32 Å². The monoisotopic (exact) mass is 307 g/mol. The normalized spacial score (nSPS) is 11.3. The Morgan fingerprint density at radius 3 is 2.33 bits per heavy atom. The maximum absolute atomic E-state index is 11.7. The second-order valence-corrected chi connectivity index (χ2v) is 6.21. The van der Waals surface area contributed by atoms with Crippen LogP contribution in [0.2, 0.25) is 0 Å². The summed E-state index contributed by atoms with van der Waals surface area (Å²) >= 11 is 0. The summed E-state index contributed by atoms with van der Waals surface area (Å²) in [5.41, 5.74) is 0.934. The molecule has 0 radical (unpaired) electrons. The molecule has 3 N–H and O–H groups in total. The summed E-state index contributed by atoms with van der Waals surface area (Å²) in [4.78, 5) is 11.7. The Balaban J connectivity index is 1.79. The van der Waals surface area contributed by atoms with Gasteiger partial charge in [-0.25, -0.2) is 13.6 Å². The number of carbonyl (C=O) groups is 1. The fourth-order valence-corrected chi connectivity index (χ4v) is 2.40. The van der Waals surface area contributed by atoms with Gasteiger partial charge >= 0.3 is 0 Å². The van der Waals surface area contributed by atoms with Crippen LogP contribution in [0.3, 0.4) is 0 Å². The van der Waals surface area contributed by atoms with Crippen molar-refractivity contribution in [2.45, 2.75) is 17.9 Å². The maximum atomic E-state index is 11.7. The maximum Gasteiger partial charge on any atom is 0.239 e. The van der Waals surface area contributed by atoms with Gasteiger partial charge in [-0.05, 0) is 36.2 Å². The fraction of sp³-hybridized carbons (Fsp3) is 0.214. The Labute approximate surface area is 123 Å². The second kappa shape index (κ2) is 6.55. The number of benzene rings is 1. The minimum Gasteiger partial charge on any atom is -0.354 e. The molecule has 7 heteroatoms. The Morgan fingerprint density at radius 1 is 1.14 bits per heavy atom. The van der Waals surface area contributed by atoms with Crippen molar-refractivity contribution >= 4 is 15.9 Å². The summed E-state index contributed by atoms with van der Waals surface area (Å²) in [6, 6.07) is 10.0. The molecule has 1 amide bonds. The highest BCUT2D eigenvalue weighted by Gasteiger charge is 2.07. The van der Waals surface area contributed by atoms with E-state index in [1.54, 1.807) is 16.7 Å².